The van der Waals surface area contributed by atoms with Crippen LogP contribution in [0.25, 0.3) is 0 Å². The Balaban J connectivity index is 2.27. The Morgan fingerprint density at radius 1 is 1.44 bits per heavy atom. The van der Waals surface area contributed by atoms with Crippen LogP contribution in [0.2, 0.25) is 0 Å². The normalized spacial score (nSPS) is 19.8. The predicted octanol–water partition coefficient (Wildman–Crippen LogP) is 0.505. The van der Waals surface area contributed by atoms with Crippen LogP contribution < -0.4 is 0 Å². The van der Waals surface area contributed by atoms with Crippen molar-refractivity contribution in [2.45, 2.75) is 31.8 Å². The molecule has 6 heteroatoms. The number of carbonyl (C=O) groups is 2. The second-order valence-electron chi connectivity index (χ2n) is 4.38. The number of hydrogen-bond donors (Lipinski definition) is 1. The molecule has 1 heterocycles. The molecule has 1 unspecified atom stereocenters. The summed E-state index contributed by atoms with van der Waals surface area (Å²) < 4.78 is 10.2. The van der Waals surface area contributed by atoms with Crippen molar-refractivity contribution >= 4 is 11.9 Å². The summed E-state index contributed by atoms with van der Waals surface area (Å²) in [7, 11) is 1.64. The lowest BCUT2D eigenvalue weighted by Crippen LogP contribution is -2.46. The largest absolute Gasteiger partial charge is 0.481 e. The van der Waals surface area contributed by atoms with Gasteiger partial charge in [0, 0.05) is 33.2 Å². The van der Waals surface area contributed by atoms with Crippen molar-refractivity contribution in [2.75, 3.05) is 33.4 Å². The van der Waals surface area contributed by atoms with Gasteiger partial charge in [0.2, 0.25) is 5.91 Å². The van der Waals surface area contributed by atoms with E-state index in [1.54, 1.807) is 12.0 Å². The molecule has 104 valence electrons. The summed E-state index contributed by atoms with van der Waals surface area (Å²) in [5, 5.41) is 8.69. The van der Waals surface area contributed by atoms with Crippen molar-refractivity contribution in [1.29, 1.82) is 0 Å². The summed E-state index contributed by atoms with van der Waals surface area (Å²) in [6.45, 7) is 2.02. The van der Waals surface area contributed by atoms with Gasteiger partial charge in [-0.05, 0) is 12.8 Å². The molecule has 1 fully saturated rings. The van der Waals surface area contributed by atoms with E-state index in [9.17, 15) is 9.59 Å². The van der Waals surface area contributed by atoms with Gasteiger partial charge in [0.15, 0.2) is 0 Å². The molecule has 0 spiro atoms. The maximum absolute atomic E-state index is 11.9. The third kappa shape index (κ3) is 5.46. The number of rotatable bonds is 7. The van der Waals surface area contributed by atoms with Crippen molar-refractivity contribution in [2.24, 2.45) is 0 Å². The standard InChI is InChI=1S/C12H21NO5/c1-17-6-3-2-4-11(14)13-5-7-18-10(9-13)8-12(15)16/h10H,2-9H2,1H3,(H,15,16). The second-order valence-corrected chi connectivity index (χ2v) is 4.38. The number of morpholine rings is 1. The van der Waals surface area contributed by atoms with E-state index in [4.69, 9.17) is 14.6 Å². The van der Waals surface area contributed by atoms with Gasteiger partial charge in [-0.2, -0.15) is 0 Å². The van der Waals surface area contributed by atoms with E-state index in [-0.39, 0.29) is 18.4 Å². The van der Waals surface area contributed by atoms with E-state index in [0.29, 0.717) is 32.7 Å². The Morgan fingerprint density at radius 2 is 2.22 bits per heavy atom. The molecular weight excluding hydrogens is 238 g/mol. The highest BCUT2D eigenvalue weighted by molar-refractivity contribution is 5.76. The lowest BCUT2D eigenvalue weighted by Gasteiger charge is -2.32. The highest BCUT2D eigenvalue weighted by atomic mass is 16.5. The van der Waals surface area contributed by atoms with Gasteiger partial charge in [-0.15, -0.1) is 0 Å². The zero-order valence-corrected chi connectivity index (χ0v) is 10.8. The molecule has 0 aromatic carbocycles. The molecule has 0 saturated carbocycles. The van der Waals surface area contributed by atoms with Gasteiger partial charge >= 0.3 is 5.97 Å². The Kier molecular flexibility index (Phi) is 6.67. The molecule has 18 heavy (non-hydrogen) atoms. The molecule has 1 saturated heterocycles. The molecule has 0 aromatic rings. The lowest BCUT2D eigenvalue weighted by molar-refractivity contribution is -0.147. The molecule has 1 N–H and O–H groups in total. The average molecular weight is 259 g/mol. The number of hydrogen-bond acceptors (Lipinski definition) is 4. The number of carbonyl (C=O) groups excluding carboxylic acids is 1. The Bertz CT molecular complexity index is 282. The van der Waals surface area contributed by atoms with Gasteiger partial charge in [-0.25, -0.2) is 0 Å². The maximum Gasteiger partial charge on any atom is 0.306 e. The molecule has 1 aliphatic rings. The third-order valence-electron chi connectivity index (χ3n) is 2.88. The van der Waals surface area contributed by atoms with Crippen molar-refractivity contribution in [1.82, 2.24) is 4.90 Å². The van der Waals surface area contributed by atoms with Crippen molar-refractivity contribution in [3.63, 3.8) is 0 Å². The van der Waals surface area contributed by atoms with E-state index in [0.717, 1.165) is 12.8 Å². The zero-order chi connectivity index (χ0) is 13.4. The van der Waals surface area contributed by atoms with E-state index in [1.165, 1.54) is 0 Å². The number of unbranched alkanes of at least 4 members (excludes halogenated alkanes) is 1. The second kappa shape index (κ2) is 8.05. The molecule has 1 atom stereocenters. The zero-order valence-electron chi connectivity index (χ0n) is 10.8. The lowest BCUT2D eigenvalue weighted by atomic mass is 10.1. The monoisotopic (exact) mass is 259 g/mol. The number of ether oxygens (including phenoxy) is 2. The van der Waals surface area contributed by atoms with E-state index in [1.807, 2.05) is 0 Å². The summed E-state index contributed by atoms with van der Waals surface area (Å²) >= 11 is 0. The fourth-order valence-corrected chi connectivity index (χ4v) is 1.94. The highest BCUT2D eigenvalue weighted by Gasteiger charge is 2.25. The van der Waals surface area contributed by atoms with E-state index >= 15 is 0 Å². The molecule has 0 aromatic heterocycles. The highest BCUT2D eigenvalue weighted by Crippen LogP contribution is 2.11. The summed E-state index contributed by atoms with van der Waals surface area (Å²) in [4.78, 5) is 24.2. The predicted molar refractivity (Wildman–Crippen MR) is 64.3 cm³/mol. The van der Waals surface area contributed by atoms with Gasteiger partial charge in [0.25, 0.3) is 0 Å². The first-order valence-electron chi connectivity index (χ1n) is 6.23. The van der Waals surface area contributed by atoms with Gasteiger partial charge in [0.05, 0.1) is 19.1 Å². The molecule has 0 bridgehead atoms. The van der Waals surface area contributed by atoms with Gasteiger partial charge in [-0.1, -0.05) is 0 Å². The summed E-state index contributed by atoms with van der Waals surface area (Å²) in [5.41, 5.74) is 0. The van der Waals surface area contributed by atoms with Crippen molar-refractivity contribution < 1.29 is 24.2 Å². The van der Waals surface area contributed by atoms with Crippen LogP contribution in [0.3, 0.4) is 0 Å². The number of aliphatic carboxylic acids is 1. The number of carboxylic acids is 1. The number of methoxy groups -OCH3 is 1. The van der Waals surface area contributed by atoms with Crippen LogP contribution in [-0.2, 0) is 19.1 Å². The first-order valence-corrected chi connectivity index (χ1v) is 6.23. The van der Waals surface area contributed by atoms with Crippen LogP contribution in [0, 0.1) is 0 Å². The number of amides is 1. The SMILES string of the molecule is COCCCCC(=O)N1CCOC(CC(=O)O)C1. The van der Waals surface area contributed by atoms with E-state index < -0.39 is 5.97 Å². The maximum atomic E-state index is 11.9. The topological polar surface area (TPSA) is 76.1 Å². The summed E-state index contributed by atoms with van der Waals surface area (Å²) in [6, 6.07) is 0. The summed E-state index contributed by atoms with van der Waals surface area (Å²) in [5.74, 6) is -0.820. The molecule has 1 rings (SSSR count). The van der Waals surface area contributed by atoms with Crippen LogP contribution in [0.15, 0.2) is 0 Å². The Morgan fingerprint density at radius 3 is 2.89 bits per heavy atom. The average Bonchev–Trinajstić information content (AvgIpc) is 2.34. The molecule has 0 aliphatic carbocycles. The minimum Gasteiger partial charge on any atom is -0.481 e. The molecule has 0 radical (unpaired) electrons. The van der Waals surface area contributed by atoms with Crippen LogP contribution in [0.1, 0.15) is 25.7 Å². The fourth-order valence-electron chi connectivity index (χ4n) is 1.94. The van der Waals surface area contributed by atoms with Crippen LogP contribution in [0.5, 0.6) is 0 Å². The van der Waals surface area contributed by atoms with Crippen LogP contribution in [-0.4, -0.2) is 61.4 Å². The van der Waals surface area contributed by atoms with Crippen molar-refractivity contribution in [3.05, 3.63) is 0 Å². The van der Waals surface area contributed by atoms with Gasteiger partial charge in [-0.3, -0.25) is 9.59 Å². The molecule has 1 amide bonds. The molecular formula is C12H21NO5. The third-order valence-corrected chi connectivity index (χ3v) is 2.88. The fraction of sp³-hybridized carbons (Fsp3) is 0.833. The van der Waals surface area contributed by atoms with E-state index in [2.05, 4.69) is 0 Å². The smallest absolute Gasteiger partial charge is 0.306 e. The summed E-state index contributed by atoms with van der Waals surface area (Å²) in [6.07, 6.45) is 1.73. The Labute approximate surface area is 107 Å². The minimum atomic E-state index is -0.894. The van der Waals surface area contributed by atoms with Crippen LogP contribution in [0.4, 0.5) is 0 Å². The van der Waals surface area contributed by atoms with Crippen LogP contribution >= 0.6 is 0 Å². The molecule has 6 nitrogen and oxygen atoms in total. The van der Waals surface area contributed by atoms with Crippen molar-refractivity contribution in [3.8, 4) is 0 Å². The number of carboxylic acid groups (broad SMARTS) is 1. The first-order chi connectivity index (χ1) is 8.63. The molecule has 1 aliphatic heterocycles. The first kappa shape index (κ1) is 14.9. The van der Waals surface area contributed by atoms with Gasteiger partial charge < -0.3 is 19.5 Å². The Hall–Kier alpha value is -1.14. The quantitative estimate of drug-likeness (QED) is 0.674. The number of nitrogens with zero attached hydrogens (tertiary/aromatic N) is 1. The minimum absolute atomic E-state index is 0.0482. The van der Waals surface area contributed by atoms with Gasteiger partial charge in [0.1, 0.15) is 0 Å².